The summed E-state index contributed by atoms with van der Waals surface area (Å²) in [5, 5.41) is 16.6. The van der Waals surface area contributed by atoms with Crippen molar-refractivity contribution in [3.63, 3.8) is 0 Å². The number of furan rings is 1. The monoisotopic (exact) mass is 466 g/mol. The van der Waals surface area contributed by atoms with Crippen LogP contribution in [-0.4, -0.2) is 39.7 Å². The molecule has 0 bridgehead atoms. The van der Waals surface area contributed by atoms with Gasteiger partial charge in [-0.3, -0.25) is 4.79 Å². The zero-order valence-electron chi connectivity index (χ0n) is 17.0. The molecule has 0 aliphatic carbocycles. The maximum Gasteiger partial charge on any atom is 0.277 e. The van der Waals surface area contributed by atoms with E-state index in [-0.39, 0.29) is 17.7 Å². The van der Waals surface area contributed by atoms with Gasteiger partial charge in [0, 0.05) is 6.42 Å². The Kier molecular flexibility index (Phi) is 5.78. The Morgan fingerprint density at radius 2 is 2.12 bits per heavy atom. The Hall–Kier alpha value is -3.37. The van der Waals surface area contributed by atoms with Crippen LogP contribution in [0.5, 0.6) is 5.75 Å². The maximum absolute atomic E-state index is 13.1. The fourth-order valence-corrected chi connectivity index (χ4v) is 4.76. The lowest BCUT2D eigenvalue weighted by atomic mass is 10.1. The number of nitrogens with zero attached hydrogens (tertiary/aromatic N) is 4. The number of carbonyl (C=O) groups is 1. The topological polar surface area (TPSA) is 94.0 Å². The molecule has 32 heavy (non-hydrogen) atoms. The van der Waals surface area contributed by atoms with Crippen molar-refractivity contribution >= 4 is 34.7 Å². The first-order valence-corrected chi connectivity index (χ1v) is 11.7. The van der Waals surface area contributed by atoms with E-state index in [4.69, 9.17) is 13.6 Å². The van der Waals surface area contributed by atoms with E-state index in [0.717, 1.165) is 10.6 Å². The van der Waals surface area contributed by atoms with Gasteiger partial charge in [0.25, 0.3) is 17.0 Å². The van der Waals surface area contributed by atoms with Gasteiger partial charge in [-0.2, -0.15) is 5.10 Å². The molecule has 0 fully saturated rings. The van der Waals surface area contributed by atoms with Gasteiger partial charge in [-0.25, -0.2) is 5.01 Å². The number of aromatic nitrogens is 2. The molecule has 4 aromatic rings. The summed E-state index contributed by atoms with van der Waals surface area (Å²) in [5.41, 5.74) is 1.57. The van der Waals surface area contributed by atoms with Gasteiger partial charge in [0.2, 0.25) is 0 Å². The van der Waals surface area contributed by atoms with Gasteiger partial charge < -0.3 is 13.6 Å². The van der Waals surface area contributed by atoms with E-state index in [0.29, 0.717) is 34.6 Å². The third kappa shape index (κ3) is 4.06. The van der Waals surface area contributed by atoms with Crippen LogP contribution in [0.4, 0.5) is 0 Å². The highest BCUT2D eigenvalue weighted by Crippen LogP contribution is 2.35. The molecule has 0 spiro atoms. The first kappa shape index (κ1) is 20.5. The normalized spacial score (nSPS) is 15.7. The summed E-state index contributed by atoms with van der Waals surface area (Å²) in [4.78, 5) is 14.1. The van der Waals surface area contributed by atoms with Crippen LogP contribution in [0.1, 0.15) is 23.1 Å². The van der Waals surface area contributed by atoms with Crippen molar-refractivity contribution in [3.8, 4) is 17.2 Å². The fraction of sp³-hybridized carbons (Fsp3) is 0.182. The summed E-state index contributed by atoms with van der Waals surface area (Å²) in [7, 11) is 1.58. The minimum atomic E-state index is -0.276. The van der Waals surface area contributed by atoms with Gasteiger partial charge in [-0.1, -0.05) is 30.0 Å². The standard InChI is InChI=1S/C22H18N4O4S2/c1-28-17-7-3-2-6-14(17)21-23-24-22(30-21)32-13-20(27)26-16(18-8-4-10-29-18)12-15(25-26)19-9-5-11-31-19/h2-11,16H,12-13H2,1H3. The molecule has 0 N–H and O–H groups in total. The molecule has 1 aromatic carbocycles. The fourth-order valence-electron chi connectivity index (χ4n) is 3.42. The molecule has 5 rings (SSSR count). The minimum absolute atomic E-state index is 0.103. The molecule has 1 amide bonds. The number of methoxy groups -OCH3 is 1. The van der Waals surface area contributed by atoms with Gasteiger partial charge in [-0.05, 0) is 35.7 Å². The van der Waals surface area contributed by atoms with Crippen molar-refractivity contribution < 1.29 is 18.4 Å². The number of rotatable bonds is 7. The summed E-state index contributed by atoms with van der Waals surface area (Å²) in [6.07, 6.45) is 2.20. The average molecular weight is 467 g/mol. The Morgan fingerprint density at radius 1 is 1.22 bits per heavy atom. The zero-order valence-corrected chi connectivity index (χ0v) is 18.6. The highest BCUT2D eigenvalue weighted by Gasteiger charge is 2.35. The van der Waals surface area contributed by atoms with E-state index in [2.05, 4.69) is 15.3 Å². The summed E-state index contributed by atoms with van der Waals surface area (Å²) in [5.74, 6) is 1.61. The first-order chi connectivity index (χ1) is 15.7. The van der Waals surface area contributed by atoms with Crippen LogP contribution in [-0.2, 0) is 4.79 Å². The average Bonchev–Trinajstić information content (AvgIpc) is 3.63. The summed E-state index contributed by atoms with van der Waals surface area (Å²) in [6, 6.07) is 14.8. The molecular weight excluding hydrogens is 448 g/mol. The SMILES string of the molecule is COc1ccccc1-c1nnc(SCC(=O)N2N=C(c3cccs3)CC2c2ccco2)o1. The van der Waals surface area contributed by atoms with Crippen LogP contribution in [0.15, 0.2) is 79.3 Å². The zero-order chi connectivity index (χ0) is 21.9. The minimum Gasteiger partial charge on any atom is -0.496 e. The smallest absolute Gasteiger partial charge is 0.277 e. The van der Waals surface area contributed by atoms with E-state index in [1.165, 1.54) is 16.8 Å². The molecule has 4 heterocycles. The van der Waals surface area contributed by atoms with E-state index >= 15 is 0 Å². The molecule has 0 radical (unpaired) electrons. The number of hydrogen-bond donors (Lipinski definition) is 0. The second-order valence-corrected chi connectivity index (χ2v) is 8.73. The van der Waals surface area contributed by atoms with Crippen molar-refractivity contribution in [2.75, 3.05) is 12.9 Å². The summed E-state index contributed by atoms with van der Waals surface area (Å²) in [6.45, 7) is 0. The molecule has 0 saturated heterocycles. The summed E-state index contributed by atoms with van der Waals surface area (Å²) < 4.78 is 16.7. The van der Waals surface area contributed by atoms with Gasteiger partial charge in [0.15, 0.2) is 0 Å². The predicted octanol–water partition coefficient (Wildman–Crippen LogP) is 4.87. The van der Waals surface area contributed by atoms with E-state index in [1.807, 2.05) is 53.9 Å². The first-order valence-electron chi connectivity index (χ1n) is 9.79. The van der Waals surface area contributed by atoms with Gasteiger partial charge >= 0.3 is 0 Å². The molecule has 1 atom stereocenters. The number of hydrogen-bond acceptors (Lipinski definition) is 9. The highest BCUT2D eigenvalue weighted by atomic mass is 32.2. The quantitative estimate of drug-likeness (QED) is 0.359. The van der Waals surface area contributed by atoms with E-state index in [1.54, 1.807) is 24.7 Å². The second kappa shape index (κ2) is 9.01. The molecule has 1 aliphatic rings. The Morgan fingerprint density at radius 3 is 2.91 bits per heavy atom. The number of amides is 1. The number of thioether (sulfide) groups is 1. The Labute approximate surface area is 191 Å². The van der Waals surface area contributed by atoms with Crippen LogP contribution < -0.4 is 4.74 Å². The molecule has 1 unspecified atom stereocenters. The van der Waals surface area contributed by atoms with E-state index in [9.17, 15) is 4.79 Å². The lowest BCUT2D eigenvalue weighted by molar-refractivity contribution is -0.130. The van der Waals surface area contributed by atoms with Gasteiger partial charge in [0.1, 0.15) is 17.6 Å². The largest absolute Gasteiger partial charge is 0.496 e. The highest BCUT2D eigenvalue weighted by molar-refractivity contribution is 7.99. The molecule has 8 nitrogen and oxygen atoms in total. The molecule has 1 aliphatic heterocycles. The van der Waals surface area contributed by atoms with Crippen molar-refractivity contribution in [2.45, 2.75) is 17.7 Å². The predicted molar refractivity (Wildman–Crippen MR) is 121 cm³/mol. The van der Waals surface area contributed by atoms with Crippen LogP contribution in [0.25, 0.3) is 11.5 Å². The van der Waals surface area contributed by atoms with Crippen molar-refractivity contribution in [1.29, 1.82) is 0 Å². The molecule has 162 valence electrons. The third-order valence-corrected chi connectivity index (χ3v) is 6.63. The molecule has 3 aromatic heterocycles. The number of ether oxygens (including phenoxy) is 1. The number of hydrazone groups is 1. The number of benzene rings is 1. The van der Waals surface area contributed by atoms with Crippen LogP contribution >= 0.6 is 23.1 Å². The Bertz CT molecular complexity index is 1230. The molecular formula is C22H18N4O4S2. The van der Waals surface area contributed by atoms with E-state index < -0.39 is 0 Å². The van der Waals surface area contributed by atoms with Crippen LogP contribution in [0, 0.1) is 0 Å². The number of carbonyl (C=O) groups excluding carboxylic acids is 1. The Balaban J connectivity index is 1.31. The van der Waals surface area contributed by atoms with Crippen LogP contribution in [0.3, 0.4) is 0 Å². The maximum atomic E-state index is 13.1. The number of thiophene rings is 1. The van der Waals surface area contributed by atoms with Crippen molar-refractivity contribution in [1.82, 2.24) is 15.2 Å². The summed E-state index contributed by atoms with van der Waals surface area (Å²) >= 11 is 2.77. The lowest BCUT2D eigenvalue weighted by Gasteiger charge is -2.19. The lowest BCUT2D eigenvalue weighted by Crippen LogP contribution is -2.28. The van der Waals surface area contributed by atoms with Crippen molar-refractivity contribution in [2.24, 2.45) is 5.10 Å². The van der Waals surface area contributed by atoms with Gasteiger partial charge in [0.05, 0.1) is 35.3 Å². The molecule has 10 heteroatoms. The second-order valence-electron chi connectivity index (χ2n) is 6.86. The van der Waals surface area contributed by atoms with Crippen molar-refractivity contribution in [3.05, 3.63) is 70.8 Å². The third-order valence-electron chi connectivity index (χ3n) is 4.91. The van der Waals surface area contributed by atoms with Crippen LogP contribution in [0.2, 0.25) is 0 Å². The van der Waals surface area contributed by atoms with Gasteiger partial charge in [-0.15, -0.1) is 21.5 Å². The number of para-hydroxylation sites is 1. The molecule has 0 saturated carbocycles.